The van der Waals surface area contributed by atoms with Crippen molar-refractivity contribution in [2.45, 2.75) is 59.7 Å². The number of benzene rings is 1. The number of methoxy groups -OCH3 is 2. The van der Waals surface area contributed by atoms with Crippen molar-refractivity contribution < 1.29 is 19.0 Å². The van der Waals surface area contributed by atoms with E-state index >= 15 is 0 Å². The van der Waals surface area contributed by atoms with Crippen LogP contribution in [0.4, 0.5) is 10.6 Å². The number of anilines is 1. The van der Waals surface area contributed by atoms with E-state index in [-0.39, 0.29) is 6.54 Å². The first-order valence-corrected chi connectivity index (χ1v) is 12.2. The molecule has 192 valence electrons. The average molecular weight is 494 g/mol. The molecule has 3 heterocycles. The van der Waals surface area contributed by atoms with Crippen LogP contribution in [0.5, 0.6) is 11.5 Å². The quantitative estimate of drug-likeness (QED) is 0.340. The van der Waals surface area contributed by atoms with Crippen LogP contribution in [0.2, 0.25) is 0 Å². The van der Waals surface area contributed by atoms with Crippen molar-refractivity contribution in [1.29, 1.82) is 0 Å². The molecule has 0 saturated carbocycles. The van der Waals surface area contributed by atoms with Gasteiger partial charge < -0.3 is 23.3 Å². The molecule has 0 aliphatic heterocycles. The number of hydrogen-bond donors (Lipinski definition) is 0. The minimum Gasteiger partial charge on any atom is -0.497 e. The van der Waals surface area contributed by atoms with Gasteiger partial charge in [-0.3, -0.25) is 4.90 Å². The molecular weight excluding hydrogens is 458 g/mol. The van der Waals surface area contributed by atoms with Crippen molar-refractivity contribution in [2.24, 2.45) is 7.05 Å². The summed E-state index contributed by atoms with van der Waals surface area (Å²) in [4.78, 5) is 25.2. The fourth-order valence-corrected chi connectivity index (χ4v) is 4.39. The summed E-state index contributed by atoms with van der Waals surface area (Å²) in [6, 6.07) is 7.58. The molecule has 4 rings (SSSR count). The second kappa shape index (κ2) is 9.72. The normalized spacial score (nSPS) is 11.8. The summed E-state index contributed by atoms with van der Waals surface area (Å²) < 4.78 is 21.0. The van der Waals surface area contributed by atoms with Gasteiger partial charge in [0.05, 0.1) is 26.3 Å². The van der Waals surface area contributed by atoms with Crippen LogP contribution in [0.25, 0.3) is 22.1 Å². The highest BCUT2D eigenvalue weighted by Crippen LogP contribution is 2.35. The van der Waals surface area contributed by atoms with E-state index in [0.29, 0.717) is 22.8 Å². The number of hydrogen-bond acceptors (Lipinski definition) is 6. The first-order valence-electron chi connectivity index (χ1n) is 12.2. The van der Waals surface area contributed by atoms with Gasteiger partial charge in [0.2, 0.25) is 0 Å². The second-order valence-electron chi connectivity index (χ2n) is 9.66. The monoisotopic (exact) mass is 493 g/mol. The van der Waals surface area contributed by atoms with E-state index in [4.69, 9.17) is 24.2 Å². The molecule has 0 aliphatic rings. The number of fused-ring (bicyclic) bond motifs is 3. The van der Waals surface area contributed by atoms with Crippen molar-refractivity contribution in [1.82, 2.24) is 19.1 Å². The summed E-state index contributed by atoms with van der Waals surface area (Å²) in [7, 11) is 5.20. The van der Waals surface area contributed by atoms with Gasteiger partial charge in [-0.1, -0.05) is 6.92 Å². The molecule has 0 spiro atoms. The maximum Gasteiger partial charge on any atom is 0.416 e. The van der Waals surface area contributed by atoms with E-state index in [9.17, 15) is 4.79 Å². The SMILES string of the molecule is CCc1nc2c(N(Cc3ccc(OC)cc3OC)C(=O)OC(C)(C)C)nc3c(ccn3CC)c2n1C. The fraction of sp³-hybridized carbons (Fsp3) is 0.444. The average Bonchev–Trinajstić information content (AvgIpc) is 3.41. The highest BCUT2D eigenvalue weighted by molar-refractivity contribution is 6.09. The van der Waals surface area contributed by atoms with E-state index in [1.54, 1.807) is 25.2 Å². The Labute approximate surface area is 211 Å². The van der Waals surface area contributed by atoms with Gasteiger partial charge in [-0.25, -0.2) is 14.8 Å². The van der Waals surface area contributed by atoms with Crippen molar-refractivity contribution in [2.75, 3.05) is 19.1 Å². The lowest BCUT2D eigenvalue weighted by molar-refractivity contribution is 0.0576. The largest absolute Gasteiger partial charge is 0.497 e. The number of carbonyl (C=O) groups is 1. The zero-order valence-corrected chi connectivity index (χ0v) is 22.4. The van der Waals surface area contributed by atoms with E-state index < -0.39 is 11.7 Å². The third-order valence-corrected chi connectivity index (χ3v) is 6.15. The fourth-order valence-electron chi connectivity index (χ4n) is 4.39. The summed E-state index contributed by atoms with van der Waals surface area (Å²) in [5, 5.41) is 0.997. The lowest BCUT2D eigenvalue weighted by atomic mass is 10.1. The molecule has 1 aromatic carbocycles. The van der Waals surface area contributed by atoms with Gasteiger partial charge in [-0.05, 0) is 45.9 Å². The van der Waals surface area contributed by atoms with Crippen LogP contribution in [-0.2, 0) is 31.3 Å². The molecule has 0 N–H and O–H groups in total. The minimum atomic E-state index is -0.690. The number of carbonyl (C=O) groups excluding carboxylic acids is 1. The van der Waals surface area contributed by atoms with E-state index in [0.717, 1.165) is 40.9 Å². The number of ether oxygens (including phenoxy) is 3. The third-order valence-electron chi connectivity index (χ3n) is 6.15. The standard InChI is InChI=1S/C27H35N5O4/c1-9-21-28-22-23(30(21)6)19-13-14-31(10-2)24(19)29-25(22)32(26(33)36-27(3,4)5)16-17-11-12-18(34-7)15-20(17)35-8/h11-15H,9-10,16H2,1-8H3. The maximum absolute atomic E-state index is 13.7. The number of nitrogens with zero attached hydrogens (tertiary/aromatic N) is 5. The number of aryl methyl sites for hydroxylation is 3. The third kappa shape index (κ3) is 4.57. The maximum atomic E-state index is 13.7. The highest BCUT2D eigenvalue weighted by atomic mass is 16.6. The van der Waals surface area contributed by atoms with Crippen molar-refractivity contribution in [3.63, 3.8) is 0 Å². The molecule has 9 nitrogen and oxygen atoms in total. The first kappa shape index (κ1) is 25.3. The highest BCUT2D eigenvalue weighted by Gasteiger charge is 2.30. The molecule has 0 aliphatic carbocycles. The molecular formula is C27H35N5O4. The summed E-state index contributed by atoms with van der Waals surface area (Å²) >= 11 is 0. The predicted octanol–water partition coefficient (Wildman–Crippen LogP) is 5.46. The van der Waals surface area contributed by atoms with Crippen molar-refractivity contribution >= 4 is 34.0 Å². The molecule has 0 fully saturated rings. The van der Waals surface area contributed by atoms with Crippen molar-refractivity contribution in [3.05, 3.63) is 41.9 Å². The number of amides is 1. The van der Waals surface area contributed by atoms with E-state index in [1.165, 1.54) is 0 Å². The number of aromatic nitrogens is 4. The van der Waals surface area contributed by atoms with Crippen LogP contribution >= 0.6 is 0 Å². The van der Waals surface area contributed by atoms with Crippen LogP contribution in [0.15, 0.2) is 30.5 Å². The molecule has 0 bridgehead atoms. The van der Waals surface area contributed by atoms with Crippen LogP contribution in [0, 0.1) is 0 Å². The van der Waals surface area contributed by atoms with Gasteiger partial charge in [-0.2, -0.15) is 0 Å². The smallest absolute Gasteiger partial charge is 0.416 e. The topological polar surface area (TPSA) is 83.6 Å². The lowest BCUT2D eigenvalue weighted by Gasteiger charge is -2.27. The predicted molar refractivity (Wildman–Crippen MR) is 141 cm³/mol. The van der Waals surface area contributed by atoms with Gasteiger partial charge in [0.1, 0.15) is 34.1 Å². The van der Waals surface area contributed by atoms with Crippen LogP contribution in [-0.4, -0.2) is 45.0 Å². The Morgan fingerprint density at radius 3 is 2.44 bits per heavy atom. The zero-order valence-electron chi connectivity index (χ0n) is 22.4. The summed E-state index contributed by atoms with van der Waals surface area (Å²) in [5.74, 6) is 2.64. The number of pyridine rings is 1. The molecule has 0 saturated heterocycles. The molecule has 1 amide bonds. The molecule has 0 atom stereocenters. The van der Waals surface area contributed by atoms with Crippen molar-refractivity contribution in [3.8, 4) is 11.5 Å². The zero-order chi connectivity index (χ0) is 26.2. The number of imidazole rings is 1. The Kier molecular flexibility index (Phi) is 6.84. The van der Waals surface area contributed by atoms with E-state index in [1.807, 2.05) is 46.1 Å². The molecule has 0 radical (unpaired) electrons. The Balaban J connectivity index is 1.98. The Morgan fingerprint density at radius 1 is 1.08 bits per heavy atom. The molecule has 36 heavy (non-hydrogen) atoms. The lowest BCUT2D eigenvalue weighted by Crippen LogP contribution is -2.37. The van der Waals surface area contributed by atoms with Crippen LogP contribution in [0.1, 0.15) is 46.0 Å². The number of rotatable bonds is 7. The van der Waals surface area contributed by atoms with Crippen LogP contribution < -0.4 is 14.4 Å². The van der Waals surface area contributed by atoms with E-state index in [2.05, 4.69) is 29.0 Å². The van der Waals surface area contributed by atoms with Gasteiger partial charge in [0.15, 0.2) is 5.82 Å². The summed E-state index contributed by atoms with van der Waals surface area (Å²) in [6.45, 7) is 10.6. The molecule has 0 unspecified atom stereocenters. The van der Waals surface area contributed by atoms with Gasteiger partial charge >= 0.3 is 6.09 Å². The van der Waals surface area contributed by atoms with Gasteiger partial charge in [0, 0.05) is 43.2 Å². The molecule has 4 aromatic rings. The summed E-state index contributed by atoms with van der Waals surface area (Å²) in [5.41, 5.74) is 2.49. The Hall–Kier alpha value is -3.75. The van der Waals surface area contributed by atoms with Crippen LogP contribution in [0.3, 0.4) is 0 Å². The first-order chi connectivity index (χ1) is 17.1. The van der Waals surface area contributed by atoms with Gasteiger partial charge in [0.25, 0.3) is 0 Å². The van der Waals surface area contributed by atoms with Gasteiger partial charge in [-0.15, -0.1) is 0 Å². The minimum absolute atomic E-state index is 0.181. The Morgan fingerprint density at radius 2 is 1.83 bits per heavy atom. The second-order valence-corrected chi connectivity index (χ2v) is 9.66. The Bertz CT molecular complexity index is 1410. The molecule has 3 aromatic heterocycles. The summed E-state index contributed by atoms with van der Waals surface area (Å²) in [6.07, 6.45) is 2.26. The molecule has 9 heteroatoms.